The molecule has 1 heterocycles. The van der Waals surface area contributed by atoms with Gasteiger partial charge in [0.05, 0.1) is 5.41 Å². The smallest absolute Gasteiger partial charge is 0.229 e. The molecule has 0 aromatic carbocycles. The number of nitrogens with two attached hydrogens (primary N) is 1. The minimum absolute atomic E-state index is 0. The first-order chi connectivity index (χ1) is 6.84. The highest BCUT2D eigenvalue weighted by molar-refractivity contribution is 5.85. The van der Waals surface area contributed by atoms with Crippen molar-refractivity contribution in [1.29, 1.82) is 0 Å². The van der Waals surface area contributed by atoms with Gasteiger partial charge in [-0.1, -0.05) is 13.8 Å². The third kappa shape index (κ3) is 3.11. The first-order valence-corrected chi connectivity index (χ1v) is 5.84. The van der Waals surface area contributed by atoms with E-state index in [1.165, 1.54) is 0 Å². The molecule has 1 aliphatic heterocycles. The van der Waals surface area contributed by atoms with Crippen molar-refractivity contribution in [3.8, 4) is 0 Å². The predicted molar refractivity (Wildman–Crippen MR) is 69.7 cm³/mol. The monoisotopic (exact) mass is 248 g/mol. The van der Waals surface area contributed by atoms with E-state index in [-0.39, 0.29) is 18.3 Å². The molecule has 1 aliphatic rings. The van der Waals surface area contributed by atoms with Crippen LogP contribution in [0.5, 0.6) is 0 Å². The molecule has 0 spiro atoms. The summed E-state index contributed by atoms with van der Waals surface area (Å²) >= 11 is 0. The number of carbonyl (C=O) groups is 1. The quantitative estimate of drug-likeness (QED) is 0.831. The number of rotatable bonds is 3. The van der Waals surface area contributed by atoms with E-state index in [0.29, 0.717) is 12.0 Å². The summed E-state index contributed by atoms with van der Waals surface area (Å²) in [6.07, 6.45) is 2.26. The third-order valence-electron chi connectivity index (χ3n) is 3.79. The van der Waals surface area contributed by atoms with Gasteiger partial charge in [0.1, 0.15) is 0 Å². The molecule has 1 fully saturated rings. The van der Waals surface area contributed by atoms with Crippen LogP contribution in [0.1, 0.15) is 40.5 Å². The number of amides is 1. The van der Waals surface area contributed by atoms with E-state index in [0.717, 1.165) is 25.9 Å². The molecule has 96 valence electrons. The van der Waals surface area contributed by atoms with Gasteiger partial charge in [0, 0.05) is 19.6 Å². The van der Waals surface area contributed by atoms with Crippen LogP contribution in [0, 0.1) is 10.8 Å². The first-order valence-electron chi connectivity index (χ1n) is 5.84. The highest BCUT2D eigenvalue weighted by Gasteiger charge is 2.39. The summed E-state index contributed by atoms with van der Waals surface area (Å²) in [5.74, 6) is 0.210. The van der Waals surface area contributed by atoms with Gasteiger partial charge in [-0.25, -0.2) is 0 Å². The van der Waals surface area contributed by atoms with Crippen LogP contribution in [0.15, 0.2) is 0 Å². The zero-order valence-electron chi connectivity index (χ0n) is 10.9. The van der Waals surface area contributed by atoms with Crippen molar-refractivity contribution in [1.82, 2.24) is 4.90 Å². The number of likely N-dealkylation sites (tertiary alicyclic amines) is 1. The Kier molecular flexibility index (Phi) is 5.27. The molecule has 0 bridgehead atoms. The van der Waals surface area contributed by atoms with E-state index in [2.05, 4.69) is 13.8 Å². The van der Waals surface area contributed by atoms with E-state index in [1.54, 1.807) is 0 Å². The fraction of sp³-hybridized carbons (Fsp3) is 0.917. The fourth-order valence-corrected chi connectivity index (χ4v) is 2.00. The highest BCUT2D eigenvalue weighted by Crippen LogP contribution is 2.34. The van der Waals surface area contributed by atoms with Crippen LogP contribution in [0.25, 0.3) is 0 Å². The summed E-state index contributed by atoms with van der Waals surface area (Å²) in [7, 11) is 0. The lowest BCUT2D eigenvalue weighted by Crippen LogP contribution is -2.44. The Morgan fingerprint density at radius 2 is 2.06 bits per heavy atom. The van der Waals surface area contributed by atoms with Gasteiger partial charge in [-0.15, -0.1) is 12.4 Å². The van der Waals surface area contributed by atoms with Crippen molar-refractivity contribution in [3.05, 3.63) is 0 Å². The average molecular weight is 249 g/mol. The second-order valence-corrected chi connectivity index (χ2v) is 5.73. The number of hydrogen-bond acceptors (Lipinski definition) is 2. The largest absolute Gasteiger partial charge is 0.342 e. The lowest BCUT2D eigenvalue weighted by molar-refractivity contribution is -0.139. The molecule has 2 N–H and O–H groups in total. The highest BCUT2D eigenvalue weighted by atomic mass is 35.5. The molecule has 0 aliphatic carbocycles. The van der Waals surface area contributed by atoms with Crippen molar-refractivity contribution >= 4 is 18.3 Å². The Balaban J connectivity index is 0.00000225. The molecular weight excluding hydrogens is 224 g/mol. The van der Waals surface area contributed by atoms with Crippen molar-refractivity contribution in [2.75, 3.05) is 19.6 Å². The molecule has 1 saturated heterocycles. The Bertz CT molecular complexity index is 255. The topological polar surface area (TPSA) is 46.3 Å². The van der Waals surface area contributed by atoms with Crippen LogP contribution < -0.4 is 5.73 Å². The van der Waals surface area contributed by atoms with Gasteiger partial charge in [0.25, 0.3) is 0 Å². The Hall–Kier alpha value is -0.280. The second kappa shape index (κ2) is 5.37. The van der Waals surface area contributed by atoms with Crippen molar-refractivity contribution in [2.24, 2.45) is 16.6 Å². The lowest BCUT2D eigenvalue weighted by Gasteiger charge is -2.29. The Labute approximate surface area is 105 Å². The van der Waals surface area contributed by atoms with Crippen LogP contribution >= 0.6 is 12.4 Å². The third-order valence-corrected chi connectivity index (χ3v) is 3.79. The summed E-state index contributed by atoms with van der Waals surface area (Å²) in [6.45, 7) is 10.5. The number of halogens is 1. The minimum Gasteiger partial charge on any atom is -0.342 e. The van der Waals surface area contributed by atoms with Crippen LogP contribution in [-0.2, 0) is 4.79 Å². The molecule has 0 aromatic heterocycles. The standard InChI is InChI=1S/C12H24N2O.ClH/c1-5-12(4)6-7-14(9-12)10(15)11(2,3)8-13;/h5-9,13H2,1-4H3;1H. The molecule has 3 nitrogen and oxygen atoms in total. The maximum absolute atomic E-state index is 12.1. The number of nitrogens with zero attached hydrogens (tertiary/aromatic N) is 1. The van der Waals surface area contributed by atoms with E-state index < -0.39 is 5.41 Å². The predicted octanol–water partition coefficient (Wildman–Crippen LogP) is 2.04. The van der Waals surface area contributed by atoms with Crippen LogP contribution in [0.3, 0.4) is 0 Å². The molecule has 4 heteroatoms. The number of hydrogen-bond donors (Lipinski definition) is 1. The van der Waals surface area contributed by atoms with Gasteiger partial charge in [-0.2, -0.15) is 0 Å². The zero-order chi connectivity index (χ0) is 11.7. The lowest BCUT2D eigenvalue weighted by atomic mass is 9.87. The van der Waals surface area contributed by atoms with E-state index in [1.807, 2.05) is 18.7 Å². The number of carbonyl (C=O) groups excluding carboxylic acids is 1. The summed E-state index contributed by atoms with van der Waals surface area (Å²) in [5.41, 5.74) is 5.54. The van der Waals surface area contributed by atoms with Gasteiger partial charge in [-0.05, 0) is 32.1 Å². The molecule has 0 saturated carbocycles. The van der Waals surface area contributed by atoms with Gasteiger partial charge in [0.15, 0.2) is 0 Å². The summed E-state index contributed by atoms with van der Waals surface area (Å²) < 4.78 is 0. The van der Waals surface area contributed by atoms with Crippen LogP contribution in [0.2, 0.25) is 0 Å². The summed E-state index contributed by atoms with van der Waals surface area (Å²) in [6, 6.07) is 0. The molecule has 0 aromatic rings. The SMILES string of the molecule is CCC1(C)CCN(C(=O)C(C)(C)CN)C1.Cl. The van der Waals surface area contributed by atoms with E-state index in [9.17, 15) is 4.79 Å². The fourth-order valence-electron chi connectivity index (χ4n) is 2.00. The summed E-state index contributed by atoms with van der Waals surface area (Å²) in [4.78, 5) is 14.1. The van der Waals surface area contributed by atoms with Crippen molar-refractivity contribution < 1.29 is 4.79 Å². The van der Waals surface area contributed by atoms with Crippen molar-refractivity contribution in [2.45, 2.75) is 40.5 Å². The van der Waals surface area contributed by atoms with E-state index in [4.69, 9.17) is 5.73 Å². The van der Waals surface area contributed by atoms with Crippen LogP contribution in [0.4, 0.5) is 0 Å². The van der Waals surface area contributed by atoms with Gasteiger partial charge < -0.3 is 10.6 Å². The molecule has 1 rings (SSSR count). The molecular formula is C12H25ClN2O. The Morgan fingerprint density at radius 1 is 1.50 bits per heavy atom. The molecule has 16 heavy (non-hydrogen) atoms. The maximum atomic E-state index is 12.1. The maximum Gasteiger partial charge on any atom is 0.229 e. The molecule has 0 radical (unpaired) electrons. The average Bonchev–Trinajstić information content (AvgIpc) is 2.60. The van der Waals surface area contributed by atoms with Gasteiger partial charge >= 0.3 is 0 Å². The molecule has 1 amide bonds. The Morgan fingerprint density at radius 3 is 2.44 bits per heavy atom. The zero-order valence-corrected chi connectivity index (χ0v) is 11.7. The van der Waals surface area contributed by atoms with Gasteiger partial charge in [0.2, 0.25) is 5.91 Å². The van der Waals surface area contributed by atoms with E-state index >= 15 is 0 Å². The molecule has 1 unspecified atom stereocenters. The van der Waals surface area contributed by atoms with Crippen molar-refractivity contribution in [3.63, 3.8) is 0 Å². The molecule has 1 atom stereocenters. The minimum atomic E-state index is -0.404. The van der Waals surface area contributed by atoms with Gasteiger partial charge in [-0.3, -0.25) is 4.79 Å². The normalized spacial score (nSPS) is 25.4. The first kappa shape index (κ1) is 15.7. The summed E-state index contributed by atoms with van der Waals surface area (Å²) in [5, 5.41) is 0. The van der Waals surface area contributed by atoms with Crippen LogP contribution in [-0.4, -0.2) is 30.4 Å². The second-order valence-electron chi connectivity index (χ2n) is 5.73.